The zero-order chi connectivity index (χ0) is 9.42. The second kappa shape index (κ2) is 2.74. The summed E-state index contributed by atoms with van der Waals surface area (Å²) in [7, 11) is 0. The van der Waals surface area contributed by atoms with Crippen molar-refractivity contribution < 1.29 is 9.90 Å². The van der Waals surface area contributed by atoms with E-state index in [0.717, 1.165) is 0 Å². The van der Waals surface area contributed by atoms with E-state index in [9.17, 15) is 4.79 Å². The zero-order valence-electron chi connectivity index (χ0n) is 6.44. The molecule has 2 rings (SSSR count). The van der Waals surface area contributed by atoms with Crippen LogP contribution in [-0.4, -0.2) is 20.7 Å². The fraction of sp³-hybridized carbons (Fsp3) is 0. The Bertz CT molecular complexity index is 478. The molecule has 1 N–H and O–H groups in total. The van der Waals surface area contributed by atoms with E-state index in [1.54, 1.807) is 12.3 Å². The van der Waals surface area contributed by atoms with Gasteiger partial charge in [0.15, 0.2) is 0 Å². The van der Waals surface area contributed by atoms with Gasteiger partial charge in [-0.2, -0.15) is 5.10 Å². The number of rotatable bonds is 1. The van der Waals surface area contributed by atoms with E-state index in [0.29, 0.717) is 10.5 Å². The van der Waals surface area contributed by atoms with Crippen molar-refractivity contribution in [1.82, 2.24) is 9.61 Å². The molecule has 2 aromatic rings. The van der Waals surface area contributed by atoms with Crippen molar-refractivity contribution in [3.8, 4) is 0 Å². The Morgan fingerprint density at radius 3 is 3.08 bits per heavy atom. The molecule has 0 aliphatic carbocycles. The third-order valence-corrected chi connectivity index (χ3v) is 2.00. The summed E-state index contributed by atoms with van der Waals surface area (Å²) < 4.78 is 1.44. The normalized spacial score (nSPS) is 10.5. The summed E-state index contributed by atoms with van der Waals surface area (Å²) in [6, 6.07) is 3.10. The Kier molecular flexibility index (Phi) is 1.70. The highest BCUT2D eigenvalue weighted by atomic mass is 35.5. The number of carbonyl (C=O) groups is 1. The first-order valence-corrected chi connectivity index (χ1v) is 3.93. The van der Waals surface area contributed by atoms with Gasteiger partial charge in [-0.1, -0.05) is 11.6 Å². The third-order valence-electron chi connectivity index (χ3n) is 1.73. The summed E-state index contributed by atoms with van der Waals surface area (Å²) in [5.74, 6) is -1.01. The first kappa shape index (κ1) is 8.07. The monoisotopic (exact) mass is 196 g/mol. The molecule has 0 fully saturated rings. The highest BCUT2D eigenvalue weighted by Gasteiger charge is 2.11. The first-order chi connectivity index (χ1) is 6.20. The van der Waals surface area contributed by atoms with Crippen molar-refractivity contribution >= 4 is 23.1 Å². The van der Waals surface area contributed by atoms with Crippen molar-refractivity contribution in [3.63, 3.8) is 0 Å². The molecule has 0 amide bonds. The van der Waals surface area contributed by atoms with Crippen molar-refractivity contribution in [1.29, 1.82) is 0 Å². The maximum Gasteiger partial charge on any atom is 0.337 e. The summed E-state index contributed by atoms with van der Waals surface area (Å²) in [5.41, 5.74) is 0.585. The van der Waals surface area contributed by atoms with Crippen LogP contribution >= 0.6 is 11.6 Å². The van der Waals surface area contributed by atoms with E-state index >= 15 is 0 Å². The van der Waals surface area contributed by atoms with Gasteiger partial charge in [-0.25, -0.2) is 9.31 Å². The first-order valence-electron chi connectivity index (χ1n) is 3.55. The van der Waals surface area contributed by atoms with Crippen molar-refractivity contribution in [3.05, 3.63) is 35.1 Å². The number of hydrogen-bond donors (Lipinski definition) is 1. The van der Waals surface area contributed by atoms with Crippen molar-refractivity contribution in [2.45, 2.75) is 0 Å². The summed E-state index contributed by atoms with van der Waals surface area (Å²) in [6.45, 7) is 0. The minimum atomic E-state index is -1.01. The van der Waals surface area contributed by atoms with Gasteiger partial charge in [-0.15, -0.1) is 0 Å². The molecule has 0 atom stereocenters. The lowest BCUT2D eigenvalue weighted by Crippen LogP contribution is -1.99. The van der Waals surface area contributed by atoms with Crippen LogP contribution in [0.3, 0.4) is 0 Å². The Labute approximate surface area is 78.4 Å². The second-order valence-corrected chi connectivity index (χ2v) is 2.92. The molecule has 66 valence electrons. The summed E-state index contributed by atoms with van der Waals surface area (Å²) in [4.78, 5) is 10.8. The molecule has 0 saturated carbocycles. The standard InChI is InChI=1S/C8H5ClN2O2/c9-6-4-10-11-3-1-2-5(7(6)11)8(12)13/h1-4H,(H,12,13). The molecule has 0 radical (unpaired) electrons. The van der Waals surface area contributed by atoms with Gasteiger partial charge in [0.1, 0.15) is 0 Å². The number of halogens is 1. The average Bonchev–Trinajstić information content (AvgIpc) is 2.48. The fourth-order valence-corrected chi connectivity index (χ4v) is 1.41. The fourth-order valence-electron chi connectivity index (χ4n) is 1.18. The lowest BCUT2D eigenvalue weighted by molar-refractivity contribution is 0.0698. The Hall–Kier alpha value is -1.55. The summed E-state index contributed by atoms with van der Waals surface area (Å²) in [6.07, 6.45) is 3.07. The maximum atomic E-state index is 10.8. The third kappa shape index (κ3) is 1.15. The second-order valence-electron chi connectivity index (χ2n) is 2.51. The zero-order valence-corrected chi connectivity index (χ0v) is 7.19. The van der Waals surface area contributed by atoms with Gasteiger partial charge < -0.3 is 5.11 Å². The quantitative estimate of drug-likeness (QED) is 0.755. The topological polar surface area (TPSA) is 54.6 Å². The highest BCUT2D eigenvalue weighted by molar-refractivity contribution is 6.34. The molecule has 0 unspecified atom stereocenters. The predicted molar refractivity (Wildman–Crippen MR) is 47.2 cm³/mol. The van der Waals surface area contributed by atoms with E-state index in [1.807, 2.05) is 0 Å². The van der Waals surface area contributed by atoms with Crippen LogP contribution in [0.4, 0.5) is 0 Å². The molecule has 0 bridgehead atoms. The highest BCUT2D eigenvalue weighted by Crippen LogP contribution is 2.20. The Morgan fingerprint density at radius 2 is 2.38 bits per heavy atom. The average molecular weight is 197 g/mol. The van der Waals surface area contributed by atoms with E-state index < -0.39 is 5.97 Å². The molecule has 0 spiro atoms. The van der Waals surface area contributed by atoms with Crippen LogP contribution in [0.15, 0.2) is 24.5 Å². The number of pyridine rings is 1. The van der Waals surface area contributed by atoms with Crippen LogP contribution in [0.2, 0.25) is 5.02 Å². The number of hydrogen-bond acceptors (Lipinski definition) is 2. The van der Waals surface area contributed by atoms with Gasteiger partial charge in [0.2, 0.25) is 0 Å². The summed E-state index contributed by atoms with van der Waals surface area (Å²) in [5, 5.41) is 13.1. The number of fused-ring (bicyclic) bond motifs is 1. The van der Waals surface area contributed by atoms with Crippen LogP contribution in [0, 0.1) is 0 Å². The molecular weight excluding hydrogens is 192 g/mol. The molecule has 5 heteroatoms. The smallest absolute Gasteiger partial charge is 0.337 e. The lowest BCUT2D eigenvalue weighted by Gasteiger charge is -1.97. The van der Waals surface area contributed by atoms with Crippen LogP contribution in [0.25, 0.3) is 5.52 Å². The van der Waals surface area contributed by atoms with E-state index in [2.05, 4.69) is 5.10 Å². The van der Waals surface area contributed by atoms with Crippen LogP contribution in [-0.2, 0) is 0 Å². The van der Waals surface area contributed by atoms with E-state index in [-0.39, 0.29) is 5.56 Å². The molecule has 0 saturated heterocycles. The number of carboxylic acid groups (broad SMARTS) is 1. The number of nitrogens with zero attached hydrogens (tertiary/aromatic N) is 2. The predicted octanol–water partition coefficient (Wildman–Crippen LogP) is 1.69. The van der Waals surface area contributed by atoms with Gasteiger partial charge in [-0.05, 0) is 12.1 Å². The maximum absolute atomic E-state index is 10.8. The van der Waals surface area contributed by atoms with Gasteiger partial charge >= 0.3 is 5.97 Å². The largest absolute Gasteiger partial charge is 0.478 e. The molecule has 4 nitrogen and oxygen atoms in total. The van der Waals surface area contributed by atoms with Gasteiger partial charge in [0.25, 0.3) is 0 Å². The minimum absolute atomic E-state index is 0.157. The summed E-state index contributed by atoms with van der Waals surface area (Å²) >= 11 is 5.78. The Morgan fingerprint density at radius 1 is 1.62 bits per heavy atom. The number of aromatic carboxylic acids is 1. The Balaban J connectivity index is 2.88. The molecule has 0 aliphatic heterocycles. The molecule has 13 heavy (non-hydrogen) atoms. The minimum Gasteiger partial charge on any atom is -0.478 e. The molecule has 0 aromatic carbocycles. The lowest BCUT2D eigenvalue weighted by atomic mass is 10.2. The van der Waals surface area contributed by atoms with Crippen molar-refractivity contribution in [2.75, 3.05) is 0 Å². The van der Waals surface area contributed by atoms with Crippen LogP contribution in [0.5, 0.6) is 0 Å². The van der Waals surface area contributed by atoms with E-state index in [4.69, 9.17) is 16.7 Å². The van der Waals surface area contributed by atoms with Crippen LogP contribution < -0.4 is 0 Å². The SMILES string of the molecule is O=C(O)c1cccn2ncc(Cl)c12. The molecule has 2 heterocycles. The number of carboxylic acids is 1. The van der Waals surface area contributed by atoms with Gasteiger partial charge in [-0.3, -0.25) is 0 Å². The van der Waals surface area contributed by atoms with Gasteiger partial charge in [0.05, 0.1) is 22.3 Å². The van der Waals surface area contributed by atoms with Crippen LogP contribution in [0.1, 0.15) is 10.4 Å². The number of aromatic nitrogens is 2. The molecule has 0 aliphatic rings. The van der Waals surface area contributed by atoms with Gasteiger partial charge in [0, 0.05) is 6.20 Å². The van der Waals surface area contributed by atoms with E-state index in [1.165, 1.54) is 16.8 Å². The molecule has 2 aromatic heterocycles. The molecular formula is C8H5ClN2O2. The van der Waals surface area contributed by atoms with Crippen molar-refractivity contribution in [2.24, 2.45) is 0 Å².